The Morgan fingerprint density at radius 2 is 1.89 bits per heavy atom. The molecule has 1 aliphatic heterocycles. The first-order chi connectivity index (χ1) is 18.4. The van der Waals surface area contributed by atoms with Gasteiger partial charge in [0.15, 0.2) is 11.5 Å². The lowest BCUT2D eigenvalue weighted by molar-refractivity contribution is 0.345. The lowest BCUT2D eigenvalue weighted by Crippen LogP contribution is -2.52. The topological polar surface area (TPSA) is 138 Å². The van der Waals surface area contributed by atoms with Crippen molar-refractivity contribution < 1.29 is 4.39 Å². The Bertz CT molecular complexity index is 1620. The van der Waals surface area contributed by atoms with Gasteiger partial charge in [-0.2, -0.15) is 0 Å². The molecule has 5 aromatic heterocycles. The van der Waals surface area contributed by atoms with Crippen LogP contribution in [0.4, 0.5) is 15.9 Å². The summed E-state index contributed by atoms with van der Waals surface area (Å²) in [6.45, 7) is 1.76. The minimum absolute atomic E-state index is 0.317. The highest BCUT2D eigenvalue weighted by Gasteiger charge is 2.35. The Morgan fingerprint density at radius 1 is 1.03 bits per heavy atom. The average Bonchev–Trinajstić information content (AvgIpc) is 3.33. The van der Waals surface area contributed by atoms with Crippen LogP contribution in [0, 0.1) is 5.82 Å². The van der Waals surface area contributed by atoms with Gasteiger partial charge in [0.2, 0.25) is 0 Å². The van der Waals surface area contributed by atoms with Crippen LogP contribution in [0.1, 0.15) is 24.1 Å². The van der Waals surface area contributed by atoms with Crippen LogP contribution in [0.15, 0.2) is 61.4 Å². The third kappa shape index (κ3) is 4.50. The zero-order chi connectivity index (χ0) is 26.3. The number of rotatable bonds is 5. The fourth-order valence-corrected chi connectivity index (χ4v) is 5.11. The second-order valence-corrected chi connectivity index (χ2v) is 9.78. The predicted octanol–water partition coefficient (Wildman–Crippen LogP) is 3.56. The number of nitrogens with zero attached hydrogens (tertiary/aromatic N) is 8. The maximum absolute atomic E-state index is 13.5. The molecule has 192 valence electrons. The second-order valence-electron chi connectivity index (χ2n) is 9.39. The maximum atomic E-state index is 13.5. The molecular formula is C26H24ClFN10. The summed E-state index contributed by atoms with van der Waals surface area (Å²) in [5.41, 5.74) is 17.2. The molecule has 1 atom stereocenters. The van der Waals surface area contributed by atoms with Gasteiger partial charge in [0.05, 0.1) is 53.6 Å². The van der Waals surface area contributed by atoms with Crippen LogP contribution in [0.2, 0.25) is 5.15 Å². The Hall–Kier alpha value is -4.22. The average molecular weight is 531 g/mol. The molecule has 0 saturated carbocycles. The van der Waals surface area contributed by atoms with Crippen molar-refractivity contribution in [2.45, 2.75) is 24.9 Å². The van der Waals surface area contributed by atoms with Crippen molar-refractivity contribution in [3.63, 3.8) is 0 Å². The minimum Gasteiger partial charge on any atom is -0.382 e. The monoisotopic (exact) mass is 530 g/mol. The molecule has 5 aromatic rings. The molecule has 0 unspecified atom stereocenters. The van der Waals surface area contributed by atoms with Gasteiger partial charge >= 0.3 is 0 Å². The number of aromatic nitrogens is 7. The van der Waals surface area contributed by atoms with Crippen molar-refractivity contribution in [3.05, 3.63) is 83.7 Å². The second kappa shape index (κ2) is 9.58. The van der Waals surface area contributed by atoms with Crippen molar-refractivity contribution >= 4 is 34.3 Å². The van der Waals surface area contributed by atoms with Crippen LogP contribution >= 0.6 is 11.6 Å². The van der Waals surface area contributed by atoms with E-state index in [4.69, 9.17) is 23.1 Å². The van der Waals surface area contributed by atoms with Gasteiger partial charge in [-0.3, -0.25) is 9.97 Å². The van der Waals surface area contributed by atoms with Gasteiger partial charge in [-0.1, -0.05) is 17.7 Å². The lowest BCUT2D eigenvalue weighted by atomic mass is 9.86. The summed E-state index contributed by atoms with van der Waals surface area (Å²) in [4.78, 5) is 28.4. The first-order valence-electron chi connectivity index (χ1n) is 12.1. The summed E-state index contributed by atoms with van der Waals surface area (Å²) >= 11 is 6.18. The van der Waals surface area contributed by atoms with E-state index in [1.54, 1.807) is 18.5 Å². The molecule has 10 nitrogen and oxygen atoms in total. The van der Waals surface area contributed by atoms with E-state index in [2.05, 4.69) is 34.8 Å². The number of fused-ring (bicyclic) bond motifs is 1. The number of imidazole rings is 1. The lowest BCUT2D eigenvalue weighted by Gasteiger charge is -2.41. The molecule has 1 fully saturated rings. The van der Waals surface area contributed by atoms with E-state index in [9.17, 15) is 4.39 Å². The molecule has 38 heavy (non-hydrogen) atoms. The number of anilines is 2. The normalized spacial score (nSPS) is 17.7. The highest BCUT2D eigenvalue weighted by Crippen LogP contribution is 2.34. The van der Waals surface area contributed by atoms with Crippen molar-refractivity contribution in [1.29, 1.82) is 0 Å². The van der Waals surface area contributed by atoms with Crippen molar-refractivity contribution in [3.8, 4) is 11.4 Å². The molecule has 6 rings (SSSR count). The molecule has 6 heterocycles. The molecule has 12 heteroatoms. The quantitative estimate of drug-likeness (QED) is 0.326. The fraction of sp³-hybridized carbons (Fsp3) is 0.231. The third-order valence-corrected chi connectivity index (χ3v) is 7.03. The molecule has 4 N–H and O–H groups in total. The van der Waals surface area contributed by atoms with Gasteiger partial charge in [0.25, 0.3) is 0 Å². The summed E-state index contributed by atoms with van der Waals surface area (Å²) in [5.74, 6) is -0.0900. The van der Waals surface area contributed by atoms with E-state index in [-0.39, 0.29) is 0 Å². The Kier molecular flexibility index (Phi) is 6.09. The predicted molar refractivity (Wildman–Crippen MR) is 143 cm³/mol. The van der Waals surface area contributed by atoms with Crippen molar-refractivity contribution in [2.24, 2.45) is 5.73 Å². The van der Waals surface area contributed by atoms with Crippen LogP contribution in [0.3, 0.4) is 0 Å². The largest absolute Gasteiger partial charge is 0.382 e. The third-order valence-electron chi connectivity index (χ3n) is 6.82. The number of pyridine rings is 3. The van der Waals surface area contributed by atoms with E-state index in [0.29, 0.717) is 46.6 Å². The summed E-state index contributed by atoms with van der Waals surface area (Å²) < 4.78 is 15.4. The van der Waals surface area contributed by atoms with Gasteiger partial charge in [-0.15, -0.1) is 0 Å². The van der Waals surface area contributed by atoms with Crippen molar-refractivity contribution in [2.75, 3.05) is 23.7 Å². The van der Waals surface area contributed by atoms with E-state index in [1.807, 2.05) is 29.0 Å². The summed E-state index contributed by atoms with van der Waals surface area (Å²) in [5, 5.41) is 0.413. The SMILES string of the molecule is Nc1ncnc2c1ncn2Cc1cc(-c2ccc(F)cn2)ncc1N1CCC[C@](N)(c2cccc(Cl)n2)C1. The Balaban J connectivity index is 1.41. The number of hydrogen-bond donors (Lipinski definition) is 2. The van der Waals surface area contributed by atoms with E-state index in [0.717, 1.165) is 36.3 Å². The molecular weight excluding hydrogens is 507 g/mol. The molecule has 1 saturated heterocycles. The fourth-order valence-electron chi connectivity index (χ4n) is 4.95. The number of piperidine rings is 1. The van der Waals surface area contributed by atoms with Crippen molar-refractivity contribution in [1.82, 2.24) is 34.5 Å². The first-order valence-corrected chi connectivity index (χ1v) is 12.5. The van der Waals surface area contributed by atoms with Gasteiger partial charge in [0, 0.05) is 13.1 Å². The zero-order valence-electron chi connectivity index (χ0n) is 20.3. The smallest absolute Gasteiger partial charge is 0.165 e. The van der Waals surface area contributed by atoms with Crippen LogP contribution in [0.5, 0.6) is 0 Å². The number of nitrogen functional groups attached to an aromatic ring is 1. The number of nitrogens with two attached hydrogens (primary N) is 2. The summed E-state index contributed by atoms with van der Waals surface area (Å²) in [6.07, 6.45) is 7.74. The Labute approximate surface area is 222 Å². The van der Waals surface area contributed by atoms with Gasteiger partial charge in [0.1, 0.15) is 22.8 Å². The maximum Gasteiger partial charge on any atom is 0.165 e. The van der Waals surface area contributed by atoms with Crippen LogP contribution in [-0.4, -0.2) is 47.6 Å². The van der Waals surface area contributed by atoms with E-state index < -0.39 is 11.4 Å². The summed E-state index contributed by atoms with van der Waals surface area (Å²) in [7, 11) is 0. The standard InChI is InChI=1S/C26H24ClFN10/c27-22-4-1-3-21(36-22)26(30)7-2-8-37(13-26)20-11-32-19(18-6-5-17(28)10-31-18)9-16(20)12-38-15-35-23-24(29)33-14-34-25(23)38/h1,3-6,9-11,14-15H,2,7-8,12-13,30H2,(H2,29,33,34)/t26-/m1/s1. The van der Waals surface area contributed by atoms with Crippen LogP contribution < -0.4 is 16.4 Å². The molecule has 0 aromatic carbocycles. The molecule has 0 amide bonds. The van der Waals surface area contributed by atoms with Gasteiger partial charge in [-0.25, -0.2) is 24.3 Å². The van der Waals surface area contributed by atoms with Gasteiger partial charge < -0.3 is 20.9 Å². The number of hydrogen-bond acceptors (Lipinski definition) is 9. The molecule has 1 aliphatic rings. The zero-order valence-corrected chi connectivity index (χ0v) is 21.1. The number of halogens is 2. The summed E-state index contributed by atoms with van der Waals surface area (Å²) in [6, 6.07) is 10.5. The van der Waals surface area contributed by atoms with E-state index in [1.165, 1.54) is 18.6 Å². The molecule has 0 radical (unpaired) electrons. The molecule has 0 bridgehead atoms. The highest BCUT2D eigenvalue weighted by molar-refractivity contribution is 6.29. The first kappa shape index (κ1) is 24.1. The van der Waals surface area contributed by atoms with Gasteiger partial charge in [-0.05, 0) is 48.7 Å². The minimum atomic E-state index is -0.680. The highest BCUT2D eigenvalue weighted by atomic mass is 35.5. The van der Waals surface area contributed by atoms with Crippen LogP contribution in [-0.2, 0) is 12.1 Å². The van der Waals surface area contributed by atoms with E-state index >= 15 is 0 Å². The van der Waals surface area contributed by atoms with Crippen LogP contribution in [0.25, 0.3) is 22.6 Å². The Morgan fingerprint density at radius 3 is 2.71 bits per heavy atom. The molecule has 0 aliphatic carbocycles. The molecule has 0 spiro atoms.